The Balaban J connectivity index is 2.00. The highest BCUT2D eigenvalue weighted by molar-refractivity contribution is 5.91. The lowest BCUT2D eigenvalue weighted by Gasteiger charge is -2.17. The van der Waals surface area contributed by atoms with E-state index in [1.807, 2.05) is 0 Å². The first-order valence-electron chi connectivity index (χ1n) is 9.22. The molecule has 0 aliphatic carbocycles. The zero-order valence-corrected chi connectivity index (χ0v) is 15.4. The second-order valence-corrected chi connectivity index (χ2v) is 7.12. The molecule has 0 radical (unpaired) electrons. The molecule has 0 bridgehead atoms. The van der Waals surface area contributed by atoms with Gasteiger partial charge in [0.05, 0.1) is 5.52 Å². The van der Waals surface area contributed by atoms with Gasteiger partial charge >= 0.3 is 0 Å². The lowest BCUT2D eigenvalue weighted by molar-refractivity contribution is 0.351. The van der Waals surface area contributed by atoms with Crippen molar-refractivity contribution in [2.45, 2.75) is 26.7 Å². The quantitative estimate of drug-likeness (QED) is 0.649. The SMILES string of the molecule is C/C=C(/c1ccccc1)n1c2c(c3cc(C)ccc31)CCN(C)CC2. The summed E-state index contributed by atoms with van der Waals surface area (Å²) in [6.45, 7) is 6.60. The van der Waals surface area contributed by atoms with Crippen LogP contribution in [0.1, 0.15) is 29.3 Å². The van der Waals surface area contributed by atoms with E-state index in [-0.39, 0.29) is 0 Å². The molecule has 3 aromatic rings. The highest BCUT2D eigenvalue weighted by atomic mass is 15.1. The fourth-order valence-corrected chi connectivity index (χ4v) is 4.08. The fraction of sp³-hybridized carbons (Fsp3) is 0.304. The Bertz CT molecular complexity index is 932. The summed E-state index contributed by atoms with van der Waals surface area (Å²) < 4.78 is 2.51. The van der Waals surface area contributed by atoms with Gasteiger partial charge in [-0.2, -0.15) is 0 Å². The van der Waals surface area contributed by atoms with E-state index in [1.54, 1.807) is 5.56 Å². The van der Waals surface area contributed by atoms with Gasteiger partial charge in [0, 0.05) is 36.3 Å². The summed E-state index contributed by atoms with van der Waals surface area (Å²) in [7, 11) is 2.23. The number of aryl methyl sites for hydroxylation is 1. The fourth-order valence-electron chi connectivity index (χ4n) is 4.08. The number of rotatable bonds is 2. The van der Waals surface area contributed by atoms with Crippen LogP contribution >= 0.6 is 0 Å². The first-order valence-corrected chi connectivity index (χ1v) is 9.22. The summed E-state index contributed by atoms with van der Waals surface area (Å²) >= 11 is 0. The maximum Gasteiger partial charge on any atom is 0.0534 e. The molecule has 1 aromatic heterocycles. The molecule has 0 amide bonds. The summed E-state index contributed by atoms with van der Waals surface area (Å²) in [6.07, 6.45) is 4.48. The van der Waals surface area contributed by atoms with Crippen LogP contribution in [0.5, 0.6) is 0 Å². The zero-order valence-electron chi connectivity index (χ0n) is 15.4. The lowest BCUT2D eigenvalue weighted by atomic mass is 10.1. The van der Waals surface area contributed by atoms with E-state index in [0.717, 1.165) is 25.9 Å². The third-order valence-corrected chi connectivity index (χ3v) is 5.39. The number of nitrogens with zero attached hydrogens (tertiary/aromatic N) is 2. The Morgan fingerprint density at radius 2 is 1.76 bits per heavy atom. The molecule has 25 heavy (non-hydrogen) atoms. The molecule has 128 valence electrons. The smallest absolute Gasteiger partial charge is 0.0534 e. The van der Waals surface area contributed by atoms with Crippen LogP contribution in [0.15, 0.2) is 54.6 Å². The molecule has 4 rings (SSSR count). The molecule has 0 saturated heterocycles. The van der Waals surface area contributed by atoms with Gasteiger partial charge in [0.25, 0.3) is 0 Å². The van der Waals surface area contributed by atoms with Gasteiger partial charge in [0.15, 0.2) is 0 Å². The molecule has 0 atom stereocenters. The predicted molar refractivity (Wildman–Crippen MR) is 107 cm³/mol. The van der Waals surface area contributed by atoms with Crippen molar-refractivity contribution >= 4 is 16.6 Å². The standard InChI is InChI=1S/C23H26N2/c1-4-21(18-8-6-5-7-9-18)25-22-11-10-17(2)16-20(22)19-12-14-24(3)15-13-23(19)25/h4-11,16H,12-15H2,1-3H3/b21-4-. The monoisotopic (exact) mass is 330 g/mol. The second kappa shape index (κ2) is 6.53. The van der Waals surface area contributed by atoms with Gasteiger partial charge in [0.1, 0.15) is 0 Å². The number of allylic oxidation sites excluding steroid dienone is 1. The van der Waals surface area contributed by atoms with E-state index in [1.165, 1.54) is 33.4 Å². The average Bonchev–Trinajstić information content (AvgIpc) is 2.78. The van der Waals surface area contributed by atoms with E-state index in [4.69, 9.17) is 0 Å². The van der Waals surface area contributed by atoms with Crippen molar-refractivity contribution in [2.75, 3.05) is 20.1 Å². The van der Waals surface area contributed by atoms with E-state index < -0.39 is 0 Å². The minimum atomic E-state index is 1.10. The van der Waals surface area contributed by atoms with Gasteiger partial charge in [-0.1, -0.05) is 48.0 Å². The molecule has 0 unspecified atom stereocenters. The molecule has 2 heterocycles. The Labute approximate surface area is 150 Å². The first kappa shape index (κ1) is 16.2. The summed E-state index contributed by atoms with van der Waals surface area (Å²) in [5, 5.41) is 1.43. The molecule has 0 fully saturated rings. The van der Waals surface area contributed by atoms with E-state index in [9.17, 15) is 0 Å². The summed E-state index contributed by atoms with van der Waals surface area (Å²) in [4.78, 5) is 2.45. The van der Waals surface area contributed by atoms with Crippen molar-refractivity contribution < 1.29 is 0 Å². The number of benzene rings is 2. The largest absolute Gasteiger partial charge is 0.313 e. The summed E-state index contributed by atoms with van der Waals surface area (Å²) in [6, 6.07) is 17.7. The van der Waals surface area contributed by atoms with Crippen LogP contribution in [0.3, 0.4) is 0 Å². The highest BCUT2D eigenvalue weighted by Crippen LogP contribution is 2.34. The lowest BCUT2D eigenvalue weighted by Crippen LogP contribution is -2.21. The minimum Gasteiger partial charge on any atom is -0.313 e. The molecule has 2 heteroatoms. The molecular weight excluding hydrogens is 304 g/mol. The predicted octanol–water partition coefficient (Wildman–Crippen LogP) is 4.89. The summed E-state index contributed by atoms with van der Waals surface area (Å²) in [5.41, 5.74) is 8.28. The maximum atomic E-state index is 2.51. The molecule has 1 aliphatic rings. The molecule has 0 N–H and O–H groups in total. The van der Waals surface area contributed by atoms with Crippen LogP contribution in [0.2, 0.25) is 0 Å². The van der Waals surface area contributed by atoms with Crippen LogP contribution in [-0.2, 0) is 12.8 Å². The van der Waals surface area contributed by atoms with Crippen molar-refractivity contribution in [3.63, 3.8) is 0 Å². The molecule has 0 spiro atoms. The zero-order chi connectivity index (χ0) is 17.4. The molecular formula is C23H26N2. The topological polar surface area (TPSA) is 8.17 Å². The number of hydrogen-bond donors (Lipinski definition) is 0. The Morgan fingerprint density at radius 3 is 2.52 bits per heavy atom. The third-order valence-electron chi connectivity index (χ3n) is 5.39. The number of likely N-dealkylation sites (N-methyl/N-ethyl adjacent to an activating group) is 1. The van der Waals surface area contributed by atoms with Crippen molar-refractivity contribution in [3.8, 4) is 0 Å². The van der Waals surface area contributed by atoms with Gasteiger partial charge in [-0.15, -0.1) is 0 Å². The van der Waals surface area contributed by atoms with Gasteiger partial charge in [-0.05, 0) is 50.6 Å². The van der Waals surface area contributed by atoms with E-state index >= 15 is 0 Å². The second-order valence-electron chi connectivity index (χ2n) is 7.12. The molecule has 2 aromatic carbocycles. The molecule has 1 aliphatic heterocycles. The van der Waals surface area contributed by atoms with Gasteiger partial charge < -0.3 is 9.47 Å². The van der Waals surface area contributed by atoms with Crippen molar-refractivity contribution in [3.05, 3.63) is 77.0 Å². The van der Waals surface area contributed by atoms with Crippen LogP contribution in [0, 0.1) is 6.92 Å². The number of aromatic nitrogens is 1. The Kier molecular flexibility index (Phi) is 4.22. The van der Waals surface area contributed by atoms with Gasteiger partial charge in [0.2, 0.25) is 0 Å². The number of hydrogen-bond acceptors (Lipinski definition) is 1. The average molecular weight is 330 g/mol. The van der Waals surface area contributed by atoms with Crippen molar-refractivity contribution in [2.24, 2.45) is 0 Å². The van der Waals surface area contributed by atoms with Crippen molar-refractivity contribution in [1.29, 1.82) is 0 Å². The third kappa shape index (κ3) is 2.81. The summed E-state index contributed by atoms with van der Waals surface area (Å²) in [5.74, 6) is 0. The van der Waals surface area contributed by atoms with E-state index in [0.29, 0.717) is 0 Å². The van der Waals surface area contributed by atoms with Gasteiger partial charge in [-0.25, -0.2) is 0 Å². The maximum absolute atomic E-state index is 2.51. The molecule has 2 nitrogen and oxygen atoms in total. The minimum absolute atomic E-state index is 1.10. The molecule has 0 saturated carbocycles. The first-order chi connectivity index (χ1) is 12.2. The normalized spacial score (nSPS) is 16.0. The Morgan fingerprint density at radius 1 is 1.00 bits per heavy atom. The van der Waals surface area contributed by atoms with Crippen molar-refractivity contribution in [1.82, 2.24) is 9.47 Å². The van der Waals surface area contributed by atoms with Crippen LogP contribution in [0.25, 0.3) is 16.6 Å². The van der Waals surface area contributed by atoms with E-state index in [2.05, 4.69) is 85.0 Å². The van der Waals surface area contributed by atoms with Gasteiger partial charge in [-0.3, -0.25) is 0 Å². The highest BCUT2D eigenvalue weighted by Gasteiger charge is 2.22. The van der Waals surface area contributed by atoms with Crippen LogP contribution in [0.4, 0.5) is 0 Å². The Hall–Kier alpha value is -2.32. The van der Waals surface area contributed by atoms with Crippen LogP contribution < -0.4 is 0 Å². The van der Waals surface area contributed by atoms with Crippen LogP contribution in [-0.4, -0.2) is 29.6 Å². The number of fused-ring (bicyclic) bond motifs is 3.